The first-order valence-corrected chi connectivity index (χ1v) is 7.43. The van der Waals surface area contributed by atoms with E-state index in [1.807, 2.05) is 4.90 Å². The van der Waals surface area contributed by atoms with Gasteiger partial charge in [0.2, 0.25) is 0 Å². The van der Waals surface area contributed by atoms with E-state index in [4.69, 9.17) is 5.53 Å². The second kappa shape index (κ2) is 6.57. The molecule has 0 saturated carbocycles. The van der Waals surface area contributed by atoms with Crippen molar-refractivity contribution in [2.75, 3.05) is 11.4 Å². The summed E-state index contributed by atoms with van der Waals surface area (Å²) in [6.07, 6.45) is -4.36. The summed E-state index contributed by atoms with van der Waals surface area (Å²) in [5.41, 5.74) is 10.9. The molecule has 1 aliphatic rings. The van der Waals surface area contributed by atoms with Crippen molar-refractivity contribution in [1.29, 1.82) is 0 Å². The molecule has 0 aliphatic carbocycles. The standard InChI is InChI=1S/C17H13F4N3O/c18-12-3-1-2-11(8-12)16-9-13(23-22)10-24(16)14-4-6-15(7-5-14)25-17(19,20)21/h1-8,16H,9-10H2/t16-/m1/s1. The van der Waals surface area contributed by atoms with Gasteiger partial charge in [0, 0.05) is 5.69 Å². The van der Waals surface area contributed by atoms with Gasteiger partial charge in [0.15, 0.2) is 0 Å². The predicted octanol–water partition coefficient (Wildman–Crippen LogP) is 4.35. The summed E-state index contributed by atoms with van der Waals surface area (Å²) in [6, 6.07) is 11.1. The Bertz CT molecular complexity index is 813. The normalized spacial score (nSPS) is 17.5. The number of nitrogens with zero attached hydrogens (tertiary/aromatic N) is 3. The molecule has 0 N–H and O–H groups in total. The highest BCUT2D eigenvalue weighted by molar-refractivity contribution is 5.89. The monoisotopic (exact) mass is 351 g/mol. The fourth-order valence-corrected chi connectivity index (χ4v) is 2.90. The highest BCUT2D eigenvalue weighted by Gasteiger charge is 2.36. The smallest absolute Gasteiger partial charge is 0.406 e. The molecule has 0 unspecified atom stereocenters. The van der Waals surface area contributed by atoms with Gasteiger partial charge < -0.3 is 15.2 Å². The first-order valence-electron chi connectivity index (χ1n) is 7.43. The molecule has 1 saturated heterocycles. The molecular weight excluding hydrogens is 338 g/mol. The topological polar surface area (TPSA) is 48.9 Å². The van der Waals surface area contributed by atoms with E-state index in [9.17, 15) is 17.6 Å². The van der Waals surface area contributed by atoms with E-state index in [1.54, 1.807) is 12.1 Å². The summed E-state index contributed by atoms with van der Waals surface area (Å²) in [5, 5.41) is 0. The Morgan fingerprint density at radius 3 is 2.44 bits per heavy atom. The van der Waals surface area contributed by atoms with Gasteiger partial charge in [-0.25, -0.2) is 4.39 Å². The highest BCUT2D eigenvalue weighted by atomic mass is 19.4. The van der Waals surface area contributed by atoms with E-state index in [0.717, 1.165) is 0 Å². The van der Waals surface area contributed by atoms with Gasteiger partial charge in [-0.15, -0.1) is 13.2 Å². The predicted molar refractivity (Wildman–Crippen MR) is 82.9 cm³/mol. The lowest BCUT2D eigenvalue weighted by Gasteiger charge is -2.26. The van der Waals surface area contributed by atoms with Crippen LogP contribution in [0, 0.1) is 5.82 Å². The molecule has 2 aromatic rings. The van der Waals surface area contributed by atoms with Gasteiger partial charge in [0.05, 0.1) is 12.5 Å². The molecule has 8 heteroatoms. The second-order valence-electron chi connectivity index (χ2n) is 5.61. The van der Waals surface area contributed by atoms with Gasteiger partial charge in [-0.1, -0.05) is 12.1 Å². The summed E-state index contributed by atoms with van der Waals surface area (Å²) in [4.78, 5) is 5.07. The van der Waals surface area contributed by atoms with Crippen molar-refractivity contribution < 1.29 is 27.1 Å². The summed E-state index contributed by atoms with van der Waals surface area (Å²) < 4.78 is 54.1. The van der Waals surface area contributed by atoms with Crippen LogP contribution in [0.15, 0.2) is 48.5 Å². The minimum Gasteiger partial charge on any atom is -0.406 e. The maximum atomic E-state index is 13.5. The summed E-state index contributed by atoms with van der Waals surface area (Å²) in [6.45, 7) is 0.289. The Labute approximate surface area is 140 Å². The van der Waals surface area contributed by atoms with Crippen molar-refractivity contribution in [3.8, 4) is 5.75 Å². The highest BCUT2D eigenvalue weighted by Crippen LogP contribution is 2.36. The van der Waals surface area contributed by atoms with Crippen LogP contribution in [0.3, 0.4) is 0 Å². The molecule has 2 aromatic carbocycles. The number of rotatable bonds is 3. The lowest BCUT2D eigenvalue weighted by molar-refractivity contribution is -0.274. The van der Waals surface area contributed by atoms with Gasteiger partial charge in [0.25, 0.3) is 5.71 Å². The van der Waals surface area contributed by atoms with Crippen molar-refractivity contribution >= 4 is 11.4 Å². The molecule has 130 valence electrons. The molecule has 0 radical (unpaired) electrons. The van der Waals surface area contributed by atoms with E-state index >= 15 is 0 Å². The zero-order valence-corrected chi connectivity index (χ0v) is 12.9. The van der Waals surface area contributed by atoms with Crippen molar-refractivity contribution in [2.45, 2.75) is 18.8 Å². The molecule has 1 aliphatic heterocycles. The zero-order chi connectivity index (χ0) is 18.0. The second-order valence-corrected chi connectivity index (χ2v) is 5.61. The maximum Gasteiger partial charge on any atom is 0.573 e. The molecule has 4 nitrogen and oxygen atoms in total. The first-order chi connectivity index (χ1) is 11.9. The SMILES string of the molecule is [N-]=[N+]=C1C[C@H](c2cccc(F)c2)N(c2ccc(OC(F)(F)F)cc2)C1. The fourth-order valence-electron chi connectivity index (χ4n) is 2.90. The van der Waals surface area contributed by atoms with E-state index < -0.39 is 6.36 Å². The third kappa shape index (κ3) is 3.97. The average Bonchev–Trinajstić information content (AvgIpc) is 2.98. The zero-order valence-electron chi connectivity index (χ0n) is 12.9. The van der Waals surface area contributed by atoms with Gasteiger partial charge in [-0.3, -0.25) is 0 Å². The quantitative estimate of drug-likeness (QED) is 0.469. The number of anilines is 1. The number of halogens is 4. The van der Waals surface area contributed by atoms with Crippen LogP contribution < -0.4 is 9.64 Å². The molecule has 0 aromatic heterocycles. The first kappa shape index (κ1) is 17.0. The summed E-state index contributed by atoms with van der Waals surface area (Å²) >= 11 is 0. The molecular formula is C17H13F4N3O. The number of benzene rings is 2. The lowest BCUT2D eigenvalue weighted by atomic mass is 10.0. The van der Waals surface area contributed by atoms with Crippen molar-refractivity contribution in [3.05, 3.63) is 65.4 Å². The number of hydrogen-bond acceptors (Lipinski definition) is 2. The Morgan fingerprint density at radius 1 is 1.12 bits per heavy atom. The Hall–Kier alpha value is -2.86. The largest absolute Gasteiger partial charge is 0.573 e. The molecule has 1 atom stereocenters. The third-order valence-electron chi connectivity index (χ3n) is 3.93. The lowest BCUT2D eigenvalue weighted by Crippen LogP contribution is -2.23. The van der Waals surface area contributed by atoms with Crippen LogP contribution in [-0.2, 0) is 0 Å². The van der Waals surface area contributed by atoms with Crippen molar-refractivity contribution in [3.63, 3.8) is 0 Å². The molecule has 0 bridgehead atoms. The Balaban J connectivity index is 1.89. The fraction of sp³-hybridized carbons (Fsp3) is 0.235. The molecule has 0 amide bonds. The number of hydrogen-bond donors (Lipinski definition) is 0. The third-order valence-corrected chi connectivity index (χ3v) is 3.93. The molecule has 0 spiro atoms. The van der Waals surface area contributed by atoms with Crippen molar-refractivity contribution in [2.24, 2.45) is 0 Å². The van der Waals surface area contributed by atoms with Crippen LogP contribution in [0.25, 0.3) is 5.53 Å². The minimum absolute atomic E-state index is 0.281. The van der Waals surface area contributed by atoms with Crippen LogP contribution >= 0.6 is 0 Å². The average molecular weight is 351 g/mol. The van der Waals surface area contributed by atoms with Gasteiger partial charge in [-0.2, -0.15) is 4.79 Å². The van der Waals surface area contributed by atoms with E-state index in [0.29, 0.717) is 23.4 Å². The van der Waals surface area contributed by atoms with Crippen LogP contribution in [0.5, 0.6) is 5.75 Å². The molecule has 25 heavy (non-hydrogen) atoms. The number of ether oxygens (including phenoxy) is 1. The van der Waals surface area contributed by atoms with E-state index in [1.165, 1.54) is 36.4 Å². The Kier molecular flexibility index (Phi) is 4.46. The summed E-state index contributed by atoms with van der Waals surface area (Å²) in [7, 11) is 0. The Morgan fingerprint density at radius 2 is 1.84 bits per heavy atom. The molecule has 1 fully saturated rings. The van der Waals surface area contributed by atoms with Gasteiger partial charge in [-0.05, 0) is 42.0 Å². The molecule has 1 heterocycles. The summed E-state index contributed by atoms with van der Waals surface area (Å²) in [5.74, 6) is -0.713. The van der Waals surface area contributed by atoms with Crippen LogP contribution in [0.2, 0.25) is 0 Å². The van der Waals surface area contributed by atoms with Crippen LogP contribution in [-0.4, -0.2) is 23.4 Å². The number of alkyl halides is 3. The minimum atomic E-state index is -4.75. The maximum absolute atomic E-state index is 13.5. The molecule has 3 rings (SSSR count). The van der Waals surface area contributed by atoms with Gasteiger partial charge >= 0.3 is 6.36 Å². The van der Waals surface area contributed by atoms with Crippen LogP contribution in [0.4, 0.5) is 23.2 Å². The van der Waals surface area contributed by atoms with E-state index in [-0.39, 0.29) is 24.2 Å². The van der Waals surface area contributed by atoms with Crippen molar-refractivity contribution in [1.82, 2.24) is 0 Å². The van der Waals surface area contributed by atoms with Crippen LogP contribution in [0.1, 0.15) is 18.0 Å². The van der Waals surface area contributed by atoms with E-state index in [2.05, 4.69) is 9.53 Å². The van der Waals surface area contributed by atoms with Gasteiger partial charge in [0.1, 0.15) is 18.1 Å².